The van der Waals surface area contributed by atoms with E-state index < -0.39 is 10.1 Å². The fourth-order valence-electron chi connectivity index (χ4n) is 1.55. The van der Waals surface area contributed by atoms with E-state index in [1.165, 1.54) is 16.7 Å². The predicted molar refractivity (Wildman–Crippen MR) is 88.6 cm³/mol. The Morgan fingerprint density at radius 3 is 2.50 bits per heavy atom. The fraction of sp³-hybridized carbons (Fsp3) is 0.0714. The summed E-state index contributed by atoms with van der Waals surface area (Å²) in [4.78, 5) is 12.4. The summed E-state index contributed by atoms with van der Waals surface area (Å²) in [6.07, 6.45) is 0.715. The summed E-state index contributed by atoms with van der Waals surface area (Å²) >= 11 is 3.02. The van der Waals surface area contributed by atoms with Crippen LogP contribution in [0, 0.1) is 0 Å². The molecule has 3 rings (SSSR count). The number of hydrogen-bond acceptors (Lipinski definition) is 6. The van der Waals surface area contributed by atoms with Crippen molar-refractivity contribution in [2.45, 2.75) is 0 Å². The maximum atomic E-state index is 11.7. The number of carbonyl (C=O) groups excluding carboxylic acids is 1. The van der Waals surface area contributed by atoms with E-state index in [4.69, 9.17) is 9.29 Å². The number of rotatable bonds is 2. The van der Waals surface area contributed by atoms with Gasteiger partial charge >= 0.3 is 5.97 Å². The Morgan fingerprint density at radius 1 is 1.14 bits per heavy atom. The summed E-state index contributed by atoms with van der Waals surface area (Å²) in [6, 6.07) is 11.3. The van der Waals surface area contributed by atoms with Gasteiger partial charge in [-0.3, -0.25) is 4.55 Å². The first kappa shape index (κ1) is 16.6. The van der Waals surface area contributed by atoms with E-state index in [2.05, 4.69) is 0 Å². The van der Waals surface area contributed by atoms with E-state index in [-0.39, 0.29) is 5.97 Å². The molecule has 0 aliphatic rings. The van der Waals surface area contributed by atoms with Gasteiger partial charge in [-0.1, -0.05) is 6.07 Å². The van der Waals surface area contributed by atoms with Gasteiger partial charge in [0.2, 0.25) is 0 Å². The highest BCUT2D eigenvalue weighted by atomic mass is 32.2. The molecule has 8 heteroatoms. The van der Waals surface area contributed by atoms with Crippen molar-refractivity contribution in [3.05, 3.63) is 52.0 Å². The molecule has 1 aromatic carbocycles. The Labute approximate surface area is 135 Å². The summed E-state index contributed by atoms with van der Waals surface area (Å²) in [5, 5.41) is 5.06. The Balaban J connectivity index is 0.000000309. The molecule has 0 radical (unpaired) electrons. The molecule has 22 heavy (non-hydrogen) atoms. The first-order valence-electron chi connectivity index (χ1n) is 5.98. The molecule has 2 aromatic heterocycles. The van der Waals surface area contributed by atoms with Gasteiger partial charge in [-0.2, -0.15) is 8.42 Å². The second kappa shape index (κ2) is 7.01. The van der Waals surface area contributed by atoms with Gasteiger partial charge in [-0.15, -0.1) is 22.7 Å². The molecule has 1 N–H and O–H groups in total. The van der Waals surface area contributed by atoms with Crippen LogP contribution in [0.5, 0.6) is 5.75 Å². The van der Waals surface area contributed by atoms with Crippen molar-refractivity contribution in [3.8, 4) is 5.75 Å². The van der Waals surface area contributed by atoms with Crippen LogP contribution in [0.3, 0.4) is 0 Å². The molecule has 0 saturated carbocycles. The van der Waals surface area contributed by atoms with Crippen LogP contribution < -0.4 is 4.74 Å². The quantitative estimate of drug-likeness (QED) is 0.430. The molecule has 0 aliphatic heterocycles. The van der Waals surface area contributed by atoms with Crippen LogP contribution in [0.4, 0.5) is 0 Å². The van der Waals surface area contributed by atoms with Crippen LogP contribution in [0.2, 0.25) is 0 Å². The minimum atomic E-state index is -3.67. The number of ether oxygens (including phenoxy) is 1. The highest BCUT2D eigenvalue weighted by Gasteiger charge is 2.09. The Morgan fingerprint density at radius 2 is 1.86 bits per heavy atom. The Kier molecular flexibility index (Phi) is 5.30. The Hall–Kier alpha value is -1.74. The number of benzene rings is 1. The van der Waals surface area contributed by atoms with Crippen molar-refractivity contribution in [2.24, 2.45) is 0 Å². The monoisotopic (exact) mass is 356 g/mol. The first-order chi connectivity index (χ1) is 10.3. The van der Waals surface area contributed by atoms with E-state index in [1.54, 1.807) is 17.4 Å². The maximum absolute atomic E-state index is 11.7. The fourth-order valence-corrected chi connectivity index (χ4v) is 2.97. The van der Waals surface area contributed by atoms with Gasteiger partial charge in [0.15, 0.2) is 0 Å². The zero-order valence-electron chi connectivity index (χ0n) is 11.4. The molecule has 0 saturated heterocycles. The number of fused-ring (bicyclic) bond motifs is 1. The summed E-state index contributed by atoms with van der Waals surface area (Å²) < 4.78 is 32.3. The van der Waals surface area contributed by atoms with Gasteiger partial charge in [0.25, 0.3) is 10.1 Å². The van der Waals surface area contributed by atoms with Crippen LogP contribution in [0.15, 0.2) is 47.2 Å². The molecule has 2 heterocycles. The number of carbonyl (C=O) groups is 1. The van der Waals surface area contributed by atoms with Gasteiger partial charge in [0, 0.05) is 4.70 Å². The lowest BCUT2D eigenvalue weighted by atomic mass is 10.2. The molecular formula is C14H12O5S3. The van der Waals surface area contributed by atoms with E-state index in [1.807, 2.05) is 41.1 Å². The first-order valence-corrected chi connectivity index (χ1v) is 9.59. The zero-order valence-corrected chi connectivity index (χ0v) is 13.9. The topological polar surface area (TPSA) is 80.7 Å². The molecule has 0 unspecified atom stereocenters. The molecular weight excluding hydrogens is 344 g/mol. The van der Waals surface area contributed by atoms with Crippen LogP contribution in [0.25, 0.3) is 10.1 Å². The van der Waals surface area contributed by atoms with Gasteiger partial charge in [0.1, 0.15) is 10.6 Å². The minimum Gasteiger partial charge on any atom is -0.422 e. The summed E-state index contributed by atoms with van der Waals surface area (Å²) in [6.45, 7) is 0. The van der Waals surface area contributed by atoms with Crippen molar-refractivity contribution in [1.82, 2.24) is 0 Å². The lowest BCUT2D eigenvalue weighted by Crippen LogP contribution is -2.05. The van der Waals surface area contributed by atoms with Crippen molar-refractivity contribution >= 4 is 48.8 Å². The third-order valence-electron chi connectivity index (χ3n) is 2.36. The van der Waals surface area contributed by atoms with Crippen molar-refractivity contribution < 1.29 is 22.5 Å². The third kappa shape index (κ3) is 5.23. The second-order valence-corrected chi connectivity index (χ2v) is 7.58. The summed E-state index contributed by atoms with van der Waals surface area (Å²) in [7, 11) is -3.67. The summed E-state index contributed by atoms with van der Waals surface area (Å²) in [5.41, 5.74) is 0. The van der Waals surface area contributed by atoms with Crippen LogP contribution in [-0.2, 0) is 10.1 Å². The number of hydrogen-bond donors (Lipinski definition) is 1. The van der Waals surface area contributed by atoms with Crippen molar-refractivity contribution in [1.29, 1.82) is 0 Å². The lowest BCUT2D eigenvalue weighted by Gasteiger charge is -2.02. The minimum absolute atomic E-state index is 0.295. The molecule has 0 amide bonds. The van der Waals surface area contributed by atoms with Crippen LogP contribution >= 0.6 is 22.7 Å². The average Bonchev–Trinajstić information content (AvgIpc) is 3.07. The zero-order chi connectivity index (χ0) is 16.2. The van der Waals surface area contributed by atoms with E-state index in [0.29, 0.717) is 16.9 Å². The second-order valence-electron chi connectivity index (χ2n) is 4.22. The number of thiophene rings is 2. The van der Waals surface area contributed by atoms with E-state index >= 15 is 0 Å². The van der Waals surface area contributed by atoms with Gasteiger partial charge in [-0.05, 0) is 46.5 Å². The van der Waals surface area contributed by atoms with Crippen molar-refractivity contribution in [3.63, 3.8) is 0 Å². The van der Waals surface area contributed by atoms with E-state index in [9.17, 15) is 13.2 Å². The Bertz CT molecular complexity index is 855. The SMILES string of the molecule is CS(=O)(=O)O.O=C(Oc1ccc2ccsc2c1)c1cccs1. The van der Waals surface area contributed by atoms with Gasteiger partial charge in [-0.25, -0.2) is 4.79 Å². The van der Waals surface area contributed by atoms with Crippen molar-refractivity contribution in [2.75, 3.05) is 6.26 Å². The molecule has 0 bridgehead atoms. The maximum Gasteiger partial charge on any atom is 0.353 e. The normalized spacial score (nSPS) is 10.8. The molecule has 116 valence electrons. The van der Waals surface area contributed by atoms with Gasteiger partial charge in [0.05, 0.1) is 6.26 Å². The van der Waals surface area contributed by atoms with Gasteiger partial charge < -0.3 is 4.74 Å². The molecule has 0 spiro atoms. The third-order valence-corrected chi connectivity index (χ3v) is 4.09. The summed E-state index contributed by atoms with van der Waals surface area (Å²) in [5.74, 6) is 0.300. The highest BCUT2D eigenvalue weighted by molar-refractivity contribution is 7.85. The smallest absolute Gasteiger partial charge is 0.353 e. The highest BCUT2D eigenvalue weighted by Crippen LogP contribution is 2.26. The molecule has 0 fully saturated rings. The molecule has 0 aliphatic carbocycles. The standard InChI is InChI=1S/C13H8O2S2.CH4O3S/c14-13(11-2-1-6-16-11)15-10-4-3-9-5-7-17-12(9)8-10;1-5(2,3)4/h1-8H;1H3,(H,2,3,4). The molecule has 5 nitrogen and oxygen atoms in total. The van der Waals surface area contributed by atoms with Crippen LogP contribution in [0.1, 0.15) is 9.67 Å². The van der Waals surface area contributed by atoms with Crippen LogP contribution in [-0.4, -0.2) is 25.2 Å². The largest absolute Gasteiger partial charge is 0.422 e. The predicted octanol–water partition coefficient (Wildman–Crippen LogP) is 3.69. The lowest BCUT2D eigenvalue weighted by molar-refractivity contribution is 0.0740. The molecule has 3 aromatic rings. The van der Waals surface area contributed by atoms with E-state index in [0.717, 1.165) is 4.70 Å². The number of esters is 1. The molecule has 0 atom stereocenters. The average molecular weight is 356 g/mol.